The van der Waals surface area contributed by atoms with Crippen LogP contribution in [0.4, 0.5) is 10.5 Å². The van der Waals surface area contributed by atoms with Crippen molar-refractivity contribution in [3.05, 3.63) is 90.5 Å². The molecule has 36 heavy (non-hydrogen) atoms. The van der Waals surface area contributed by atoms with Gasteiger partial charge in [0.1, 0.15) is 12.4 Å². The minimum Gasteiger partial charge on any atom is -0.446 e. The highest BCUT2D eigenvalue weighted by Gasteiger charge is 2.21. The van der Waals surface area contributed by atoms with Crippen molar-refractivity contribution in [1.82, 2.24) is 4.90 Å². The second-order valence-corrected chi connectivity index (χ2v) is 8.58. The van der Waals surface area contributed by atoms with Crippen LogP contribution in [0.15, 0.2) is 84.9 Å². The molecule has 0 atom stereocenters. The van der Waals surface area contributed by atoms with Gasteiger partial charge in [-0.15, -0.1) is 0 Å². The molecular formula is C29H33N3O4. The summed E-state index contributed by atoms with van der Waals surface area (Å²) in [4.78, 5) is 35.3. The summed E-state index contributed by atoms with van der Waals surface area (Å²) < 4.78 is 4.98. The van der Waals surface area contributed by atoms with Crippen LogP contribution in [0.2, 0.25) is 0 Å². The minimum absolute atomic E-state index is 0.0475. The maximum atomic E-state index is 12.0. The number of nitrogens with one attached hydrogen (secondary N) is 1. The number of amides is 2. The molecule has 2 amide bonds. The van der Waals surface area contributed by atoms with Gasteiger partial charge >= 0.3 is 6.09 Å². The predicted octanol–water partition coefficient (Wildman–Crippen LogP) is 4.67. The van der Waals surface area contributed by atoms with Gasteiger partial charge in [0.15, 0.2) is 0 Å². The minimum atomic E-state index is -0.730. The monoisotopic (exact) mass is 487 g/mol. The summed E-state index contributed by atoms with van der Waals surface area (Å²) in [5, 5.41) is 2.85. The molecule has 0 saturated carbocycles. The highest BCUT2D eigenvalue weighted by molar-refractivity contribution is 5.90. The average molecular weight is 488 g/mol. The summed E-state index contributed by atoms with van der Waals surface area (Å²) in [5.41, 5.74) is 9.21. The van der Waals surface area contributed by atoms with Crippen LogP contribution in [0.1, 0.15) is 24.8 Å². The normalized spacial score (nSPS) is 13.7. The van der Waals surface area contributed by atoms with Crippen LogP contribution in [0, 0.1) is 0 Å². The van der Waals surface area contributed by atoms with E-state index >= 15 is 0 Å². The smallest absolute Gasteiger partial charge is 0.404 e. The van der Waals surface area contributed by atoms with Gasteiger partial charge in [0, 0.05) is 38.2 Å². The summed E-state index contributed by atoms with van der Waals surface area (Å²) in [7, 11) is 0. The zero-order valence-electron chi connectivity index (χ0n) is 20.3. The number of hydrogen-bond donors (Lipinski definition) is 2. The van der Waals surface area contributed by atoms with Crippen molar-refractivity contribution in [1.29, 1.82) is 0 Å². The fraction of sp³-hybridized carbons (Fsp3) is 0.276. The van der Waals surface area contributed by atoms with Gasteiger partial charge in [-0.2, -0.15) is 0 Å². The number of piperidine rings is 1. The number of ether oxygens (including phenoxy) is 1. The Balaban J connectivity index is 0.000000249. The van der Waals surface area contributed by atoms with Crippen molar-refractivity contribution in [2.45, 2.75) is 31.8 Å². The average Bonchev–Trinajstić information content (AvgIpc) is 2.91. The molecule has 7 heteroatoms. The van der Waals surface area contributed by atoms with Crippen LogP contribution in [0.5, 0.6) is 0 Å². The molecule has 1 aliphatic rings. The van der Waals surface area contributed by atoms with E-state index in [9.17, 15) is 14.4 Å². The molecular weight excluding hydrogens is 454 g/mol. The lowest BCUT2D eigenvalue weighted by atomic mass is 10.1. The van der Waals surface area contributed by atoms with E-state index in [-0.39, 0.29) is 12.0 Å². The summed E-state index contributed by atoms with van der Waals surface area (Å²) >= 11 is 0. The molecule has 0 spiro atoms. The Morgan fingerprint density at radius 2 is 1.44 bits per heavy atom. The Labute approximate surface area is 212 Å². The number of anilines is 1. The lowest BCUT2D eigenvalue weighted by molar-refractivity contribution is -0.116. The van der Waals surface area contributed by atoms with E-state index in [1.807, 2.05) is 24.3 Å². The van der Waals surface area contributed by atoms with Crippen LogP contribution in [-0.2, 0) is 20.7 Å². The first-order chi connectivity index (χ1) is 17.5. The molecule has 3 N–H and O–H groups in total. The second-order valence-electron chi connectivity index (χ2n) is 8.58. The third kappa shape index (κ3) is 9.35. The number of rotatable bonds is 8. The van der Waals surface area contributed by atoms with Crippen molar-refractivity contribution in [2.24, 2.45) is 5.73 Å². The molecule has 0 unspecified atom stereocenters. The Hall–Kier alpha value is -3.97. The Bertz CT molecular complexity index is 1040. The van der Waals surface area contributed by atoms with Gasteiger partial charge in [-0.3, -0.25) is 4.79 Å². The lowest BCUT2D eigenvalue weighted by Gasteiger charge is -2.30. The molecule has 0 aromatic heterocycles. The predicted molar refractivity (Wildman–Crippen MR) is 141 cm³/mol. The number of aldehydes is 1. The maximum absolute atomic E-state index is 12.0. The molecule has 0 aliphatic carbocycles. The van der Waals surface area contributed by atoms with Crippen molar-refractivity contribution in [3.63, 3.8) is 0 Å². The molecule has 0 bridgehead atoms. The quantitative estimate of drug-likeness (QED) is 0.450. The molecule has 0 radical (unpaired) electrons. The van der Waals surface area contributed by atoms with E-state index < -0.39 is 6.09 Å². The van der Waals surface area contributed by atoms with E-state index in [0.717, 1.165) is 43.5 Å². The van der Waals surface area contributed by atoms with Gasteiger partial charge in [0.2, 0.25) is 5.91 Å². The largest absolute Gasteiger partial charge is 0.446 e. The number of benzene rings is 3. The maximum Gasteiger partial charge on any atom is 0.404 e. The van der Waals surface area contributed by atoms with Crippen LogP contribution in [0.3, 0.4) is 0 Å². The van der Waals surface area contributed by atoms with Crippen molar-refractivity contribution >= 4 is 24.0 Å². The number of nitrogens with zero attached hydrogens (tertiary/aromatic N) is 1. The Kier molecular flexibility index (Phi) is 10.7. The fourth-order valence-corrected chi connectivity index (χ4v) is 3.98. The summed E-state index contributed by atoms with van der Waals surface area (Å²) in [6.07, 6.45) is 2.27. The topological polar surface area (TPSA) is 102 Å². The van der Waals surface area contributed by atoms with E-state index in [0.29, 0.717) is 19.4 Å². The number of hydrogen-bond acceptors (Lipinski definition) is 5. The first kappa shape index (κ1) is 26.6. The number of carbonyl (C=O) groups excluding carboxylic acids is 3. The zero-order chi connectivity index (χ0) is 25.6. The molecule has 3 aromatic carbocycles. The van der Waals surface area contributed by atoms with Crippen LogP contribution in [0.25, 0.3) is 11.1 Å². The SMILES string of the molecule is NC(=O)OC1CCN(CCC(=O)Nc2ccc(CC=O)cc2)CC1.c1ccc(-c2ccccc2)cc1. The first-order valence-electron chi connectivity index (χ1n) is 12.1. The Morgan fingerprint density at radius 3 is 1.94 bits per heavy atom. The summed E-state index contributed by atoms with van der Waals surface area (Å²) in [6.45, 7) is 2.23. The van der Waals surface area contributed by atoms with Crippen LogP contribution in [-0.4, -0.2) is 48.9 Å². The van der Waals surface area contributed by atoms with E-state index in [1.165, 1.54) is 11.1 Å². The Morgan fingerprint density at radius 1 is 0.889 bits per heavy atom. The molecule has 4 rings (SSSR count). The van der Waals surface area contributed by atoms with Crippen molar-refractivity contribution < 1.29 is 19.1 Å². The highest BCUT2D eigenvalue weighted by atomic mass is 16.6. The molecule has 1 fully saturated rings. The van der Waals surface area contributed by atoms with E-state index in [1.54, 1.807) is 12.1 Å². The number of nitrogens with two attached hydrogens (primary N) is 1. The molecule has 7 nitrogen and oxygen atoms in total. The molecule has 188 valence electrons. The number of likely N-dealkylation sites (tertiary alicyclic amines) is 1. The van der Waals surface area contributed by atoms with E-state index in [4.69, 9.17) is 10.5 Å². The van der Waals surface area contributed by atoms with Gasteiger partial charge < -0.3 is 25.5 Å². The lowest BCUT2D eigenvalue weighted by Crippen LogP contribution is -2.39. The third-order valence-electron chi connectivity index (χ3n) is 5.91. The molecule has 1 saturated heterocycles. The van der Waals surface area contributed by atoms with Crippen molar-refractivity contribution in [2.75, 3.05) is 25.0 Å². The second kappa shape index (κ2) is 14.4. The summed E-state index contributed by atoms with van der Waals surface area (Å²) in [5.74, 6) is -0.0475. The highest BCUT2D eigenvalue weighted by Crippen LogP contribution is 2.17. The summed E-state index contributed by atoms with van der Waals surface area (Å²) in [6, 6.07) is 28.0. The number of carbonyl (C=O) groups is 3. The third-order valence-corrected chi connectivity index (χ3v) is 5.91. The molecule has 1 aliphatic heterocycles. The number of primary amides is 1. The van der Waals surface area contributed by atoms with Crippen LogP contribution < -0.4 is 11.1 Å². The fourth-order valence-electron chi connectivity index (χ4n) is 3.98. The molecule has 1 heterocycles. The van der Waals surface area contributed by atoms with E-state index in [2.05, 4.69) is 58.7 Å². The first-order valence-corrected chi connectivity index (χ1v) is 12.1. The van der Waals surface area contributed by atoms with Gasteiger partial charge in [0.05, 0.1) is 0 Å². The van der Waals surface area contributed by atoms with Crippen molar-refractivity contribution in [3.8, 4) is 11.1 Å². The van der Waals surface area contributed by atoms with Gasteiger partial charge in [-0.25, -0.2) is 4.79 Å². The van der Waals surface area contributed by atoms with Crippen LogP contribution >= 0.6 is 0 Å². The molecule has 3 aromatic rings. The standard InChI is InChI=1S/C17H23N3O4.C12H10/c18-17(23)24-15-5-9-20(10-6-15)11-7-16(22)19-14-3-1-13(2-4-14)8-12-21;1-3-7-11(8-4-1)12-9-5-2-6-10-12/h1-4,12,15H,5-11H2,(H2,18,23)(H,19,22);1-10H. The van der Waals surface area contributed by atoms with Gasteiger partial charge in [-0.1, -0.05) is 72.8 Å². The zero-order valence-corrected chi connectivity index (χ0v) is 20.3. The van der Waals surface area contributed by atoms with Gasteiger partial charge in [-0.05, 0) is 41.7 Å². The van der Waals surface area contributed by atoms with Gasteiger partial charge in [0.25, 0.3) is 0 Å².